The van der Waals surface area contributed by atoms with Gasteiger partial charge in [-0.05, 0) is 25.1 Å². The smallest absolute Gasteiger partial charge is 0.248 e. The fourth-order valence-electron chi connectivity index (χ4n) is 1.34. The van der Waals surface area contributed by atoms with Gasteiger partial charge in [-0.2, -0.15) is 0 Å². The van der Waals surface area contributed by atoms with E-state index in [9.17, 15) is 4.79 Å². The van der Waals surface area contributed by atoms with Crippen LogP contribution in [0.25, 0.3) is 0 Å². The van der Waals surface area contributed by atoms with Crippen molar-refractivity contribution < 1.29 is 9.53 Å². The lowest BCUT2D eigenvalue weighted by Crippen LogP contribution is -2.21. The summed E-state index contributed by atoms with van der Waals surface area (Å²) in [7, 11) is 1.65. The number of nitrogens with one attached hydrogen (secondary N) is 1. The number of nitrogens with two attached hydrogens (primary N) is 1. The van der Waals surface area contributed by atoms with Gasteiger partial charge in [0.15, 0.2) is 0 Å². The maximum absolute atomic E-state index is 10.9. The van der Waals surface area contributed by atoms with Crippen LogP contribution < -0.4 is 11.1 Å². The predicted octanol–water partition coefficient (Wildman–Crippen LogP) is 1.23. The molecule has 0 fully saturated rings. The number of carbonyl (C=O) groups is 1. The van der Waals surface area contributed by atoms with Gasteiger partial charge in [0.2, 0.25) is 5.91 Å². The zero-order valence-electron chi connectivity index (χ0n) is 8.99. The molecule has 4 nitrogen and oxygen atoms in total. The van der Waals surface area contributed by atoms with Gasteiger partial charge >= 0.3 is 0 Å². The van der Waals surface area contributed by atoms with Crippen LogP contribution in [-0.4, -0.2) is 25.7 Å². The molecular weight excluding hydrogens is 192 g/mol. The Hall–Kier alpha value is -1.55. The van der Waals surface area contributed by atoms with Gasteiger partial charge in [0.05, 0.1) is 6.61 Å². The molecule has 0 aliphatic carbocycles. The van der Waals surface area contributed by atoms with Crippen LogP contribution in [0.5, 0.6) is 0 Å². The largest absolute Gasteiger partial charge is 0.383 e. The van der Waals surface area contributed by atoms with Gasteiger partial charge in [0, 0.05) is 24.4 Å². The average molecular weight is 208 g/mol. The van der Waals surface area contributed by atoms with Crippen LogP contribution in [0.3, 0.4) is 0 Å². The summed E-state index contributed by atoms with van der Waals surface area (Å²) in [6.07, 6.45) is 0. The van der Waals surface area contributed by atoms with Crippen LogP contribution in [0.1, 0.15) is 17.3 Å². The van der Waals surface area contributed by atoms with Crippen LogP contribution in [0, 0.1) is 0 Å². The molecule has 0 heterocycles. The van der Waals surface area contributed by atoms with E-state index in [0.717, 1.165) is 5.69 Å². The molecule has 0 aromatic heterocycles. The van der Waals surface area contributed by atoms with E-state index in [4.69, 9.17) is 10.5 Å². The van der Waals surface area contributed by atoms with Crippen LogP contribution >= 0.6 is 0 Å². The zero-order valence-corrected chi connectivity index (χ0v) is 8.99. The summed E-state index contributed by atoms with van der Waals surface area (Å²) >= 11 is 0. The first kappa shape index (κ1) is 11.5. The number of hydrogen-bond donors (Lipinski definition) is 2. The number of methoxy groups -OCH3 is 1. The van der Waals surface area contributed by atoms with Crippen molar-refractivity contribution in [2.75, 3.05) is 19.0 Å². The first-order valence-corrected chi connectivity index (χ1v) is 4.79. The van der Waals surface area contributed by atoms with E-state index in [1.165, 1.54) is 0 Å². The van der Waals surface area contributed by atoms with Crippen molar-refractivity contribution in [1.82, 2.24) is 0 Å². The Balaban J connectivity index is 2.69. The Bertz CT molecular complexity index is 339. The highest BCUT2D eigenvalue weighted by molar-refractivity contribution is 5.93. The summed E-state index contributed by atoms with van der Waals surface area (Å²) in [5.41, 5.74) is 6.56. The molecule has 4 heteroatoms. The number of rotatable bonds is 5. The molecule has 0 radical (unpaired) electrons. The summed E-state index contributed by atoms with van der Waals surface area (Å²) < 4.78 is 5.00. The highest BCUT2D eigenvalue weighted by Crippen LogP contribution is 2.11. The van der Waals surface area contributed by atoms with E-state index in [0.29, 0.717) is 12.2 Å². The Labute approximate surface area is 89.4 Å². The zero-order chi connectivity index (χ0) is 11.3. The SMILES string of the molecule is COCC(C)Nc1cccc(C(N)=O)c1. The Morgan fingerprint density at radius 3 is 2.93 bits per heavy atom. The van der Waals surface area contributed by atoms with Gasteiger partial charge in [-0.1, -0.05) is 6.07 Å². The van der Waals surface area contributed by atoms with Crippen LogP contribution in [-0.2, 0) is 4.74 Å². The van der Waals surface area contributed by atoms with Crippen LogP contribution in [0.2, 0.25) is 0 Å². The van der Waals surface area contributed by atoms with Crippen LogP contribution in [0.15, 0.2) is 24.3 Å². The van der Waals surface area contributed by atoms with Crippen LogP contribution in [0.4, 0.5) is 5.69 Å². The maximum atomic E-state index is 10.9. The van der Waals surface area contributed by atoms with Gasteiger partial charge < -0.3 is 15.8 Å². The molecule has 82 valence electrons. The van der Waals surface area contributed by atoms with Gasteiger partial charge in [-0.3, -0.25) is 4.79 Å². The normalized spacial score (nSPS) is 12.1. The van der Waals surface area contributed by atoms with Crippen molar-refractivity contribution in [1.29, 1.82) is 0 Å². The second-order valence-corrected chi connectivity index (χ2v) is 3.45. The second-order valence-electron chi connectivity index (χ2n) is 3.45. The average Bonchev–Trinajstić information content (AvgIpc) is 2.18. The van der Waals surface area contributed by atoms with Crippen molar-refractivity contribution in [3.05, 3.63) is 29.8 Å². The minimum Gasteiger partial charge on any atom is -0.383 e. The lowest BCUT2D eigenvalue weighted by Gasteiger charge is -2.14. The van der Waals surface area contributed by atoms with E-state index in [-0.39, 0.29) is 6.04 Å². The standard InChI is InChI=1S/C11H16N2O2/c1-8(7-15-2)13-10-5-3-4-9(6-10)11(12)14/h3-6,8,13H,7H2,1-2H3,(H2,12,14). The maximum Gasteiger partial charge on any atom is 0.248 e. The molecule has 15 heavy (non-hydrogen) atoms. The van der Waals surface area contributed by atoms with Crippen molar-refractivity contribution in [3.8, 4) is 0 Å². The third-order valence-electron chi connectivity index (χ3n) is 1.98. The Morgan fingerprint density at radius 2 is 2.33 bits per heavy atom. The van der Waals surface area contributed by atoms with E-state index in [2.05, 4.69) is 5.32 Å². The minimum absolute atomic E-state index is 0.193. The number of benzene rings is 1. The molecule has 1 amide bonds. The number of anilines is 1. The first-order chi connectivity index (χ1) is 7.13. The monoisotopic (exact) mass is 208 g/mol. The van der Waals surface area contributed by atoms with Crippen molar-refractivity contribution in [3.63, 3.8) is 0 Å². The highest BCUT2D eigenvalue weighted by atomic mass is 16.5. The molecule has 1 aromatic rings. The Kier molecular flexibility index (Phi) is 4.12. The lowest BCUT2D eigenvalue weighted by atomic mass is 10.2. The van der Waals surface area contributed by atoms with Gasteiger partial charge in [-0.15, -0.1) is 0 Å². The molecule has 1 rings (SSSR count). The third-order valence-corrected chi connectivity index (χ3v) is 1.98. The summed E-state index contributed by atoms with van der Waals surface area (Å²) in [5, 5.41) is 3.21. The molecule has 0 spiro atoms. The number of primary amides is 1. The van der Waals surface area contributed by atoms with Crippen molar-refractivity contribution in [2.24, 2.45) is 5.73 Å². The molecule has 1 unspecified atom stereocenters. The summed E-state index contributed by atoms with van der Waals surface area (Å²) in [4.78, 5) is 10.9. The highest BCUT2D eigenvalue weighted by Gasteiger charge is 2.04. The fraction of sp³-hybridized carbons (Fsp3) is 0.364. The number of hydrogen-bond acceptors (Lipinski definition) is 3. The van der Waals surface area contributed by atoms with E-state index in [1.54, 1.807) is 25.3 Å². The molecule has 0 aliphatic heterocycles. The van der Waals surface area contributed by atoms with Crippen molar-refractivity contribution >= 4 is 11.6 Å². The Morgan fingerprint density at radius 1 is 1.60 bits per heavy atom. The molecule has 1 atom stereocenters. The molecular formula is C11H16N2O2. The molecule has 1 aromatic carbocycles. The van der Waals surface area contributed by atoms with Gasteiger partial charge in [0.1, 0.15) is 0 Å². The molecule has 0 saturated carbocycles. The topological polar surface area (TPSA) is 64.3 Å². The summed E-state index contributed by atoms with van der Waals surface area (Å²) in [6.45, 7) is 2.61. The fourth-order valence-corrected chi connectivity index (χ4v) is 1.34. The molecule has 0 bridgehead atoms. The summed E-state index contributed by atoms with van der Waals surface area (Å²) in [5.74, 6) is -0.418. The van der Waals surface area contributed by atoms with E-state index >= 15 is 0 Å². The third kappa shape index (κ3) is 3.59. The number of ether oxygens (including phenoxy) is 1. The molecule has 0 aliphatic rings. The molecule has 3 N–H and O–H groups in total. The predicted molar refractivity (Wildman–Crippen MR) is 59.9 cm³/mol. The van der Waals surface area contributed by atoms with E-state index in [1.807, 2.05) is 13.0 Å². The lowest BCUT2D eigenvalue weighted by molar-refractivity contribution is 0.100. The summed E-state index contributed by atoms with van der Waals surface area (Å²) in [6, 6.07) is 7.29. The molecule has 0 saturated heterocycles. The van der Waals surface area contributed by atoms with Gasteiger partial charge in [-0.25, -0.2) is 0 Å². The van der Waals surface area contributed by atoms with E-state index < -0.39 is 5.91 Å². The van der Waals surface area contributed by atoms with Crippen molar-refractivity contribution in [2.45, 2.75) is 13.0 Å². The number of amides is 1. The number of carbonyl (C=O) groups excluding carboxylic acids is 1. The minimum atomic E-state index is -0.418. The quantitative estimate of drug-likeness (QED) is 0.765. The van der Waals surface area contributed by atoms with Gasteiger partial charge in [0.25, 0.3) is 0 Å². The second kappa shape index (κ2) is 5.36. The first-order valence-electron chi connectivity index (χ1n) is 4.79.